The number of phenolic OH excluding ortho intramolecular Hbond substituents is 1. The topological polar surface area (TPSA) is 70.9 Å². The zero-order chi connectivity index (χ0) is 24.6. The van der Waals surface area contributed by atoms with Crippen molar-refractivity contribution in [1.29, 1.82) is 0 Å². The van der Waals surface area contributed by atoms with E-state index in [2.05, 4.69) is 9.97 Å². The lowest BCUT2D eigenvalue weighted by Gasteiger charge is -2.13. The van der Waals surface area contributed by atoms with Gasteiger partial charge < -0.3 is 10.1 Å². The number of alkyl halides is 3. The van der Waals surface area contributed by atoms with Gasteiger partial charge in [-0.15, -0.1) is 0 Å². The second kappa shape index (κ2) is 8.79. The maximum absolute atomic E-state index is 13.3. The Bertz CT molecular complexity index is 1490. The van der Waals surface area contributed by atoms with Crippen LogP contribution in [0.4, 0.5) is 13.2 Å². The van der Waals surface area contributed by atoms with Crippen molar-refractivity contribution in [2.75, 3.05) is 0 Å². The minimum absolute atomic E-state index is 0.109. The first-order valence-electron chi connectivity index (χ1n) is 10.9. The average Bonchev–Trinajstić information content (AvgIpc) is 3.15. The lowest BCUT2D eigenvalue weighted by Crippen LogP contribution is -2.18. The minimum atomic E-state index is -4.42. The van der Waals surface area contributed by atoms with Crippen molar-refractivity contribution >= 4 is 0 Å². The van der Waals surface area contributed by atoms with Gasteiger partial charge in [-0.05, 0) is 53.1 Å². The van der Waals surface area contributed by atoms with Gasteiger partial charge in [-0.25, -0.2) is 4.98 Å². The van der Waals surface area contributed by atoms with Crippen LogP contribution < -0.4 is 5.56 Å². The summed E-state index contributed by atoms with van der Waals surface area (Å²) in [5, 5.41) is 9.64. The van der Waals surface area contributed by atoms with Crippen LogP contribution in [0.1, 0.15) is 28.1 Å². The second-order valence-corrected chi connectivity index (χ2v) is 8.28. The van der Waals surface area contributed by atoms with Crippen molar-refractivity contribution in [1.82, 2.24) is 14.5 Å². The van der Waals surface area contributed by atoms with Crippen LogP contribution in [0, 0.1) is 0 Å². The number of hydrogen-bond donors (Lipinski definition) is 2. The quantitative estimate of drug-likeness (QED) is 0.349. The number of benzene rings is 3. The first-order chi connectivity index (χ1) is 16.8. The molecule has 2 aliphatic heterocycles. The number of nitrogens with one attached hydrogen (secondary N) is 1. The molecule has 0 spiro atoms. The number of aromatic amines is 1. The van der Waals surface area contributed by atoms with Crippen molar-refractivity contribution in [3.8, 4) is 22.8 Å². The van der Waals surface area contributed by atoms with Gasteiger partial charge in [-0.3, -0.25) is 9.36 Å². The van der Waals surface area contributed by atoms with Crippen molar-refractivity contribution in [2.45, 2.75) is 19.0 Å². The average molecular weight is 475 g/mol. The van der Waals surface area contributed by atoms with Crippen LogP contribution in [0.3, 0.4) is 0 Å². The lowest BCUT2D eigenvalue weighted by atomic mass is 10.1. The molecule has 3 aromatic carbocycles. The molecule has 0 saturated heterocycles. The Morgan fingerprint density at radius 2 is 1.51 bits per heavy atom. The Morgan fingerprint density at radius 3 is 2.17 bits per heavy atom. The molecule has 0 amide bonds. The molecule has 2 N–H and O–H groups in total. The molecule has 0 fully saturated rings. The Hall–Kier alpha value is -4.33. The number of nitrogens with zero attached hydrogens (tertiary/aromatic N) is 2. The van der Waals surface area contributed by atoms with Gasteiger partial charge in [0, 0.05) is 19.0 Å². The fourth-order valence-corrected chi connectivity index (χ4v) is 4.01. The number of hydrogen-bond acceptors (Lipinski definition) is 3. The molecule has 8 heteroatoms. The molecular weight excluding hydrogens is 455 g/mol. The van der Waals surface area contributed by atoms with Gasteiger partial charge in [-0.1, -0.05) is 42.5 Å². The van der Waals surface area contributed by atoms with Gasteiger partial charge >= 0.3 is 6.18 Å². The van der Waals surface area contributed by atoms with E-state index >= 15 is 0 Å². The highest BCUT2D eigenvalue weighted by Gasteiger charge is 2.30. The molecule has 176 valence electrons. The van der Waals surface area contributed by atoms with E-state index in [1.54, 1.807) is 30.5 Å². The molecule has 2 heterocycles. The van der Waals surface area contributed by atoms with E-state index < -0.39 is 11.7 Å². The molecule has 0 unspecified atom stereocenters. The third-order valence-electron chi connectivity index (χ3n) is 5.80. The maximum Gasteiger partial charge on any atom is 0.416 e. The van der Waals surface area contributed by atoms with Gasteiger partial charge in [-0.2, -0.15) is 13.2 Å². The van der Waals surface area contributed by atoms with Crippen LogP contribution >= 0.6 is 0 Å². The third-order valence-corrected chi connectivity index (χ3v) is 5.80. The monoisotopic (exact) mass is 475 g/mol. The second-order valence-electron chi connectivity index (χ2n) is 8.28. The summed E-state index contributed by atoms with van der Waals surface area (Å²) >= 11 is 0. The Labute approximate surface area is 198 Å². The van der Waals surface area contributed by atoms with Gasteiger partial charge in [0.1, 0.15) is 11.4 Å². The van der Waals surface area contributed by atoms with Crippen LogP contribution in [-0.2, 0) is 19.0 Å². The fourth-order valence-electron chi connectivity index (χ4n) is 4.01. The van der Waals surface area contributed by atoms with E-state index in [9.17, 15) is 23.1 Å². The van der Waals surface area contributed by atoms with Gasteiger partial charge in [0.25, 0.3) is 5.56 Å². The molecule has 0 atom stereocenters. The van der Waals surface area contributed by atoms with Crippen LogP contribution in [0.5, 0.6) is 5.75 Å². The molecular formula is C27H20F3N3O2. The van der Waals surface area contributed by atoms with Crippen molar-refractivity contribution in [2.24, 2.45) is 0 Å². The van der Waals surface area contributed by atoms with E-state index in [1.165, 1.54) is 16.7 Å². The van der Waals surface area contributed by atoms with Gasteiger partial charge in [0.15, 0.2) is 5.82 Å². The summed E-state index contributed by atoms with van der Waals surface area (Å²) in [6, 6.07) is 21.1. The molecule has 5 rings (SSSR count). The van der Waals surface area contributed by atoms with Crippen molar-refractivity contribution in [3.63, 3.8) is 0 Å². The maximum atomic E-state index is 13.3. The Morgan fingerprint density at radius 1 is 0.857 bits per heavy atom. The summed E-state index contributed by atoms with van der Waals surface area (Å²) in [4.78, 5) is 21.2. The summed E-state index contributed by atoms with van der Waals surface area (Å²) in [6.07, 6.45) is -2.16. The predicted octanol–water partition coefficient (Wildman–Crippen LogP) is 5.57. The van der Waals surface area contributed by atoms with Gasteiger partial charge in [0.05, 0.1) is 17.0 Å². The SMILES string of the molecule is O=c1c(Cc2ccc(C(F)(F)F)cc2)nc2c(Cc3ccccc3)[nH]c(-c3ccc(O)cc3)cn1-2. The molecule has 5 nitrogen and oxygen atoms in total. The number of fused-ring (bicyclic) bond motifs is 1. The third kappa shape index (κ3) is 4.68. The predicted molar refractivity (Wildman–Crippen MR) is 126 cm³/mol. The first-order valence-corrected chi connectivity index (χ1v) is 10.9. The summed E-state index contributed by atoms with van der Waals surface area (Å²) in [7, 11) is 0. The summed E-state index contributed by atoms with van der Waals surface area (Å²) in [5.41, 5.74) is 2.92. The van der Waals surface area contributed by atoms with E-state index in [1.807, 2.05) is 30.3 Å². The summed E-state index contributed by atoms with van der Waals surface area (Å²) < 4.78 is 40.1. The van der Waals surface area contributed by atoms with Crippen molar-refractivity contribution in [3.05, 3.63) is 123 Å². The number of halogens is 3. The van der Waals surface area contributed by atoms with Crippen LogP contribution in [0.25, 0.3) is 17.1 Å². The molecule has 3 aromatic rings. The van der Waals surface area contributed by atoms with E-state index in [0.29, 0.717) is 23.5 Å². The molecule has 0 bridgehead atoms. The van der Waals surface area contributed by atoms with E-state index in [0.717, 1.165) is 29.0 Å². The van der Waals surface area contributed by atoms with Crippen LogP contribution in [-0.4, -0.2) is 19.6 Å². The van der Waals surface area contributed by atoms with E-state index in [4.69, 9.17) is 0 Å². The minimum Gasteiger partial charge on any atom is -0.508 e. The molecule has 2 aliphatic rings. The zero-order valence-electron chi connectivity index (χ0n) is 18.4. The summed E-state index contributed by atoms with van der Waals surface area (Å²) in [6.45, 7) is 0. The number of rotatable bonds is 5. The molecule has 0 aliphatic carbocycles. The number of aromatic nitrogens is 3. The standard InChI is InChI=1S/C27H20F3N3O2/c28-27(29,30)20-10-6-18(7-11-20)15-23-26(35)33-16-24(19-8-12-21(34)13-9-19)31-22(25(33)32-23)14-17-4-2-1-3-5-17/h1-13,16,31,34H,14-15H2. The molecule has 0 aromatic heterocycles. The van der Waals surface area contributed by atoms with Crippen LogP contribution in [0.15, 0.2) is 89.9 Å². The normalized spacial score (nSPS) is 11.7. The number of aromatic hydroxyl groups is 1. The van der Waals surface area contributed by atoms with Crippen molar-refractivity contribution < 1.29 is 18.3 Å². The smallest absolute Gasteiger partial charge is 0.416 e. The number of H-pyrrole nitrogens is 1. The van der Waals surface area contributed by atoms with Crippen LogP contribution in [0.2, 0.25) is 0 Å². The lowest BCUT2D eigenvalue weighted by molar-refractivity contribution is -0.137. The fraction of sp³-hybridized carbons (Fsp3) is 0.111. The van der Waals surface area contributed by atoms with E-state index in [-0.39, 0.29) is 23.4 Å². The highest BCUT2D eigenvalue weighted by molar-refractivity contribution is 5.61. The molecule has 35 heavy (non-hydrogen) atoms. The highest BCUT2D eigenvalue weighted by Crippen LogP contribution is 2.29. The largest absolute Gasteiger partial charge is 0.508 e. The Kier molecular flexibility index (Phi) is 5.64. The van der Waals surface area contributed by atoms with Gasteiger partial charge in [0.2, 0.25) is 0 Å². The Balaban J connectivity index is 1.58. The highest BCUT2D eigenvalue weighted by atomic mass is 19.4. The summed E-state index contributed by atoms with van der Waals surface area (Å²) in [5.74, 6) is 0.591. The number of imidazole rings is 1. The molecule has 0 radical (unpaired) electrons. The molecule has 0 saturated carbocycles. The zero-order valence-corrected chi connectivity index (χ0v) is 18.4. The number of phenols is 1. The first kappa shape index (κ1) is 22.5.